The first-order chi connectivity index (χ1) is 14.7. The number of nitrogens with one attached hydrogen (secondary N) is 3. The summed E-state index contributed by atoms with van der Waals surface area (Å²) in [4.78, 5) is 24.5. The van der Waals surface area contributed by atoms with E-state index in [-0.39, 0.29) is 5.91 Å². The highest BCUT2D eigenvalue weighted by molar-refractivity contribution is 7.22. The average molecular weight is 414 g/mol. The number of amides is 1. The number of carbonyl (C=O) groups is 1. The molecule has 0 spiro atoms. The number of aromatic amines is 1. The van der Waals surface area contributed by atoms with Crippen molar-refractivity contribution in [1.29, 1.82) is 0 Å². The van der Waals surface area contributed by atoms with Gasteiger partial charge in [0.05, 0.1) is 15.8 Å². The van der Waals surface area contributed by atoms with Crippen LogP contribution in [0.25, 0.3) is 32.2 Å². The molecule has 0 bridgehead atoms. The lowest BCUT2D eigenvalue weighted by Crippen LogP contribution is -2.22. The van der Waals surface area contributed by atoms with E-state index in [1.165, 1.54) is 0 Å². The number of aromatic nitrogens is 3. The van der Waals surface area contributed by atoms with Gasteiger partial charge in [-0.25, -0.2) is 4.98 Å². The molecule has 7 heteroatoms. The first kappa shape index (κ1) is 18.3. The highest BCUT2D eigenvalue weighted by Gasteiger charge is 2.13. The maximum atomic E-state index is 12.8. The molecule has 5 rings (SSSR count). The van der Waals surface area contributed by atoms with Crippen molar-refractivity contribution in [2.24, 2.45) is 0 Å². The number of nitrogens with zero attached hydrogens (tertiary/aromatic N) is 2. The highest BCUT2D eigenvalue weighted by atomic mass is 32.1. The number of fused-ring (bicyclic) bond motifs is 2. The Hall–Kier alpha value is -3.71. The van der Waals surface area contributed by atoms with Crippen LogP contribution in [-0.4, -0.2) is 27.9 Å². The highest BCUT2D eigenvalue weighted by Crippen LogP contribution is 2.32. The van der Waals surface area contributed by atoms with Gasteiger partial charge in [-0.1, -0.05) is 23.5 Å². The van der Waals surface area contributed by atoms with Crippen LogP contribution in [0.2, 0.25) is 0 Å². The summed E-state index contributed by atoms with van der Waals surface area (Å²) in [5.41, 5.74) is 5.72. The van der Waals surface area contributed by atoms with E-state index < -0.39 is 0 Å². The lowest BCUT2D eigenvalue weighted by Gasteiger charge is -2.06. The summed E-state index contributed by atoms with van der Waals surface area (Å²) in [5.74, 6) is -0.105. The summed E-state index contributed by atoms with van der Waals surface area (Å²) in [6, 6.07) is 16.2. The molecule has 148 valence electrons. The zero-order chi connectivity index (χ0) is 20.5. The first-order valence-corrected chi connectivity index (χ1v) is 10.4. The maximum absolute atomic E-state index is 12.8. The van der Waals surface area contributed by atoms with E-state index in [4.69, 9.17) is 0 Å². The Morgan fingerprint density at radius 3 is 2.70 bits per heavy atom. The summed E-state index contributed by atoms with van der Waals surface area (Å²) in [6.07, 6.45) is 5.21. The van der Waals surface area contributed by atoms with E-state index in [0.29, 0.717) is 12.1 Å². The maximum Gasteiger partial charge on any atom is 0.253 e. The second-order valence-electron chi connectivity index (χ2n) is 6.95. The van der Waals surface area contributed by atoms with Gasteiger partial charge in [-0.2, -0.15) is 0 Å². The quantitative estimate of drug-likeness (QED) is 0.386. The van der Waals surface area contributed by atoms with Crippen molar-refractivity contribution < 1.29 is 4.79 Å². The molecule has 0 aliphatic rings. The van der Waals surface area contributed by atoms with Crippen molar-refractivity contribution in [3.8, 4) is 11.1 Å². The molecule has 0 unspecified atom stereocenters. The summed E-state index contributed by atoms with van der Waals surface area (Å²) >= 11 is 1.63. The topological polar surface area (TPSA) is 82.7 Å². The number of benzene rings is 2. The molecule has 6 nitrogen and oxygen atoms in total. The summed E-state index contributed by atoms with van der Waals surface area (Å²) in [5, 5.41) is 7.88. The normalized spacial score (nSPS) is 11.1. The van der Waals surface area contributed by atoms with Crippen LogP contribution in [0, 0.1) is 0 Å². The van der Waals surface area contributed by atoms with E-state index in [2.05, 4.69) is 49.9 Å². The molecule has 1 amide bonds. The van der Waals surface area contributed by atoms with Gasteiger partial charge >= 0.3 is 0 Å². The Bertz CT molecular complexity index is 1360. The van der Waals surface area contributed by atoms with Crippen molar-refractivity contribution in [2.45, 2.75) is 6.54 Å². The van der Waals surface area contributed by atoms with Crippen molar-refractivity contribution in [3.63, 3.8) is 0 Å². The number of rotatable bonds is 5. The monoisotopic (exact) mass is 413 g/mol. The number of hydrogen-bond acceptors (Lipinski definition) is 5. The van der Waals surface area contributed by atoms with Crippen LogP contribution in [-0.2, 0) is 6.54 Å². The van der Waals surface area contributed by atoms with Crippen LogP contribution >= 0.6 is 11.3 Å². The van der Waals surface area contributed by atoms with Crippen LogP contribution in [0.15, 0.2) is 67.1 Å². The fourth-order valence-corrected chi connectivity index (χ4v) is 4.34. The zero-order valence-corrected chi connectivity index (χ0v) is 17.1. The molecule has 0 radical (unpaired) electrons. The van der Waals surface area contributed by atoms with Gasteiger partial charge < -0.3 is 15.6 Å². The minimum atomic E-state index is -0.105. The van der Waals surface area contributed by atoms with Crippen LogP contribution in [0.4, 0.5) is 5.13 Å². The van der Waals surface area contributed by atoms with Crippen LogP contribution in [0.1, 0.15) is 15.9 Å². The standard InChI is InChI=1S/C23H19N5OS/c1-24-23-28-20-5-3-16(11-21(20)30-23)15-2-4-19-17(10-15)18(13-26-19)22(29)27-12-14-6-8-25-9-7-14/h2-11,13,26H,12H2,1H3,(H,24,28)(H,27,29). The van der Waals surface area contributed by atoms with Gasteiger partial charge in [0.1, 0.15) is 0 Å². The second kappa shape index (κ2) is 7.61. The van der Waals surface area contributed by atoms with Crippen molar-refractivity contribution in [1.82, 2.24) is 20.3 Å². The summed E-state index contributed by atoms with van der Waals surface area (Å²) in [7, 11) is 1.87. The second-order valence-corrected chi connectivity index (χ2v) is 7.98. The molecule has 0 aliphatic carbocycles. The van der Waals surface area contributed by atoms with E-state index in [1.54, 1.807) is 29.9 Å². The summed E-state index contributed by atoms with van der Waals surface area (Å²) in [6.45, 7) is 0.462. The van der Waals surface area contributed by atoms with Gasteiger partial charge in [-0.3, -0.25) is 9.78 Å². The number of anilines is 1. The molecule has 3 N–H and O–H groups in total. The van der Waals surface area contributed by atoms with Gasteiger partial charge in [-0.15, -0.1) is 0 Å². The zero-order valence-electron chi connectivity index (χ0n) is 16.3. The largest absolute Gasteiger partial charge is 0.365 e. The molecular formula is C23H19N5OS. The molecule has 30 heavy (non-hydrogen) atoms. The fraction of sp³-hybridized carbons (Fsp3) is 0.0870. The molecule has 0 saturated heterocycles. The van der Waals surface area contributed by atoms with E-state index in [1.807, 2.05) is 31.3 Å². The van der Waals surface area contributed by atoms with Crippen molar-refractivity contribution in [3.05, 3.63) is 78.2 Å². The van der Waals surface area contributed by atoms with E-state index in [9.17, 15) is 4.79 Å². The SMILES string of the molecule is CNc1nc2ccc(-c3ccc4[nH]cc(C(=O)NCc5ccncc5)c4c3)cc2s1. The van der Waals surface area contributed by atoms with Crippen molar-refractivity contribution >= 4 is 43.5 Å². The molecule has 5 aromatic rings. The van der Waals surface area contributed by atoms with Gasteiger partial charge in [-0.05, 0) is 53.1 Å². The fourth-order valence-electron chi connectivity index (χ4n) is 3.48. The third-order valence-corrected chi connectivity index (χ3v) is 6.10. The smallest absolute Gasteiger partial charge is 0.253 e. The number of pyridine rings is 1. The van der Waals surface area contributed by atoms with Gasteiger partial charge in [0, 0.05) is 43.1 Å². The Morgan fingerprint density at radius 2 is 1.87 bits per heavy atom. The van der Waals surface area contributed by atoms with Gasteiger partial charge in [0.15, 0.2) is 5.13 Å². The number of H-pyrrole nitrogens is 1. The van der Waals surface area contributed by atoms with E-state index in [0.717, 1.165) is 42.9 Å². The van der Waals surface area contributed by atoms with E-state index >= 15 is 0 Å². The molecule has 0 aliphatic heterocycles. The van der Waals surface area contributed by atoms with Crippen LogP contribution in [0.5, 0.6) is 0 Å². The first-order valence-electron chi connectivity index (χ1n) is 9.58. The van der Waals surface area contributed by atoms with Crippen LogP contribution < -0.4 is 10.6 Å². The molecule has 3 aromatic heterocycles. The third kappa shape index (κ3) is 3.40. The number of hydrogen-bond donors (Lipinski definition) is 3. The minimum absolute atomic E-state index is 0.105. The number of thiazole rings is 1. The van der Waals surface area contributed by atoms with Crippen LogP contribution in [0.3, 0.4) is 0 Å². The third-order valence-electron chi connectivity index (χ3n) is 5.06. The average Bonchev–Trinajstić information content (AvgIpc) is 3.41. The molecular weight excluding hydrogens is 394 g/mol. The Morgan fingerprint density at radius 1 is 1.07 bits per heavy atom. The summed E-state index contributed by atoms with van der Waals surface area (Å²) < 4.78 is 1.13. The Labute approximate surface area is 177 Å². The molecule has 2 aromatic carbocycles. The number of carbonyl (C=O) groups excluding carboxylic acids is 1. The predicted octanol–water partition coefficient (Wildman–Crippen LogP) is 4.81. The van der Waals surface area contributed by atoms with Gasteiger partial charge in [0.25, 0.3) is 5.91 Å². The Kier molecular flexibility index (Phi) is 4.65. The lowest BCUT2D eigenvalue weighted by atomic mass is 10.0. The molecule has 0 atom stereocenters. The molecule has 3 heterocycles. The lowest BCUT2D eigenvalue weighted by molar-refractivity contribution is 0.0952. The predicted molar refractivity (Wildman–Crippen MR) is 122 cm³/mol. The van der Waals surface area contributed by atoms with Gasteiger partial charge in [0.2, 0.25) is 0 Å². The Balaban J connectivity index is 1.46. The van der Waals surface area contributed by atoms with Crippen molar-refractivity contribution in [2.75, 3.05) is 12.4 Å². The molecule has 0 saturated carbocycles. The molecule has 0 fully saturated rings. The minimum Gasteiger partial charge on any atom is -0.365 e.